The fourth-order valence-electron chi connectivity index (χ4n) is 1.18. The van der Waals surface area contributed by atoms with Crippen LogP contribution in [-0.4, -0.2) is 23.0 Å². The molecule has 1 heterocycles. The highest BCUT2D eigenvalue weighted by molar-refractivity contribution is 5.95. The second kappa shape index (κ2) is 5.85. The maximum absolute atomic E-state index is 11.7. The van der Waals surface area contributed by atoms with Gasteiger partial charge in [0.2, 0.25) is 0 Å². The maximum Gasteiger partial charge on any atom is 0.303 e. The van der Waals surface area contributed by atoms with E-state index in [2.05, 4.69) is 10.3 Å². The lowest BCUT2D eigenvalue weighted by Gasteiger charge is -2.14. The van der Waals surface area contributed by atoms with Crippen molar-refractivity contribution >= 4 is 17.6 Å². The number of pyridine rings is 1. The van der Waals surface area contributed by atoms with Crippen LogP contribution in [0.1, 0.15) is 20.3 Å². The molecule has 0 fully saturated rings. The van der Waals surface area contributed by atoms with Crippen LogP contribution in [0.25, 0.3) is 0 Å². The largest absolute Gasteiger partial charge is 0.452 e. The van der Waals surface area contributed by atoms with E-state index in [-0.39, 0.29) is 5.91 Å². The lowest BCUT2D eigenvalue weighted by Crippen LogP contribution is -2.31. The molecular formula is C11H14N2O3. The standard InChI is InChI=1S/C11H14N2O3/c1-3-10(16-8(2)14)11(15)13-9-5-4-6-12-7-9/h4-7,10H,3H2,1-2H3,(H,13,15)/t10-/m0/s1. The van der Waals surface area contributed by atoms with E-state index in [0.717, 1.165) is 0 Å². The predicted molar refractivity (Wildman–Crippen MR) is 58.7 cm³/mol. The van der Waals surface area contributed by atoms with Crippen LogP contribution in [0.5, 0.6) is 0 Å². The van der Waals surface area contributed by atoms with Gasteiger partial charge in [0, 0.05) is 13.1 Å². The molecule has 1 atom stereocenters. The van der Waals surface area contributed by atoms with Crippen molar-refractivity contribution in [1.82, 2.24) is 4.98 Å². The second-order valence-corrected chi connectivity index (χ2v) is 3.24. The average Bonchev–Trinajstić information content (AvgIpc) is 2.26. The molecule has 1 amide bonds. The van der Waals surface area contributed by atoms with Crippen molar-refractivity contribution < 1.29 is 14.3 Å². The molecule has 0 unspecified atom stereocenters. The number of aromatic nitrogens is 1. The molecule has 86 valence electrons. The first kappa shape index (κ1) is 12.2. The molecule has 5 nitrogen and oxygen atoms in total. The van der Waals surface area contributed by atoms with Gasteiger partial charge in [0.15, 0.2) is 6.10 Å². The molecule has 1 rings (SSSR count). The molecule has 0 bridgehead atoms. The van der Waals surface area contributed by atoms with E-state index < -0.39 is 12.1 Å². The minimum atomic E-state index is -0.752. The van der Waals surface area contributed by atoms with E-state index in [1.54, 1.807) is 25.3 Å². The highest BCUT2D eigenvalue weighted by Gasteiger charge is 2.19. The van der Waals surface area contributed by atoms with Crippen molar-refractivity contribution in [2.24, 2.45) is 0 Å². The molecule has 0 aromatic carbocycles. The summed E-state index contributed by atoms with van der Waals surface area (Å²) >= 11 is 0. The Kier molecular flexibility index (Phi) is 4.44. The SMILES string of the molecule is CC[C@H](OC(C)=O)C(=O)Nc1cccnc1. The number of carbonyl (C=O) groups is 2. The number of nitrogens with zero attached hydrogens (tertiary/aromatic N) is 1. The Bertz CT molecular complexity index is 365. The first-order valence-electron chi connectivity index (χ1n) is 5.01. The molecule has 16 heavy (non-hydrogen) atoms. The molecule has 0 spiro atoms. The van der Waals surface area contributed by atoms with Gasteiger partial charge in [-0.15, -0.1) is 0 Å². The summed E-state index contributed by atoms with van der Waals surface area (Å²) in [4.78, 5) is 26.3. The minimum Gasteiger partial charge on any atom is -0.452 e. The van der Waals surface area contributed by atoms with Gasteiger partial charge in [-0.05, 0) is 18.6 Å². The monoisotopic (exact) mass is 222 g/mol. The minimum absolute atomic E-state index is 0.342. The summed E-state index contributed by atoms with van der Waals surface area (Å²) in [7, 11) is 0. The third-order valence-electron chi connectivity index (χ3n) is 1.90. The van der Waals surface area contributed by atoms with Crippen molar-refractivity contribution in [1.29, 1.82) is 0 Å². The first-order valence-corrected chi connectivity index (χ1v) is 5.01. The van der Waals surface area contributed by atoms with Crippen molar-refractivity contribution in [3.05, 3.63) is 24.5 Å². The fourth-order valence-corrected chi connectivity index (χ4v) is 1.18. The normalized spacial score (nSPS) is 11.6. The summed E-state index contributed by atoms with van der Waals surface area (Å²) in [6.45, 7) is 3.05. The third kappa shape index (κ3) is 3.68. The molecule has 0 radical (unpaired) electrons. The number of carbonyl (C=O) groups excluding carboxylic acids is 2. The van der Waals surface area contributed by atoms with E-state index in [1.165, 1.54) is 13.1 Å². The van der Waals surface area contributed by atoms with Crippen LogP contribution in [-0.2, 0) is 14.3 Å². The van der Waals surface area contributed by atoms with Crippen LogP contribution in [0, 0.1) is 0 Å². The number of amides is 1. The Morgan fingerprint density at radius 2 is 2.31 bits per heavy atom. The number of esters is 1. The summed E-state index contributed by atoms with van der Waals surface area (Å²) in [6.07, 6.45) is 2.82. The van der Waals surface area contributed by atoms with Crippen LogP contribution in [0.2, 0.25) is 0 Å². The van der Waals surface area contributed by atoms with Gasteiger partial charge < -0.3 is 10.1 Å². The van der Waals surface area contributed by atoms with Crippen molar-refractivity contribution in [3.8, 4) is 0 Å². The molecule has 0 aliphatic heterocycles. The second-order valence-electron chi connectivity index (χ2n) is 3.24. The molecule has 1 N–H and O–H groups in total. The molecular weight excluding hydrogens is 208 g/mol. The molecule has 5 heteroatoms. The summed E-state index contributed by atoms with van der Waals surface area (Å²) in [5.74, 6) is -0.807. The topological polar surface area (TPSA) is 68.3 Å². The molecule has 0 saturated heterocycles. The van der Waals surface area contributed by atoms with Crippen LogP contribution in [0.3, 0.4) is 0 Å². The smallest absolute Gasteiger partial charge is 0.303 e. The van der Waals surface area contributed by atoms with E-state index in [0.29, 0.717) is 12.1 Å². The third-order valence-corrected chi connectivity index (χ3v) is 1.90. The zero-order chi connectivity index (χ0) is 12.0. The number of hydrogen-bond donors (Lipinski definition) is 1. The number of nitrogens with one attached hydrogen (secondary N) is 1. The molecule has 0 aliphatic carbocycles. The number of rotatable bonds is 4. The van der Waals surface area contributed by atoms with E-state index in [9.17, 15) is 9.59 Å². The van der Waals surface area contributed by atoms with Crippen LogP contribution in [0.15, 0.2) is 24.5 Å². The van der Waals surface area contributed by atoms with Gasteiger partial charge in [-0.1, -0.05) is 6.92 Å². The van der Waals surface area contributed by atoms with E-state index in [4.69, 9.17) is 4.74 Å². The molecule has 1 aromatic rings. The lowest BCUT2D eigenvalue weighted by atomic mass is 10.2. The maximum atomic E-state index is 11.7. The van der Waals surface area contributed by atoms with Crippen LogP contribution >= 0.6 is 0 Å². The number of hydrogen-bond acceptors (Lipinski definition) is 4. The van der Waals surface area contributed by atoms with Crippen LogP contribution in [0.4, 0.5) is 5.69 Å². The first-order chi connectivity index (χ1) is 7.63. The zero-order valence-electron chi connectivity index (χ0n) is 9.27. The van der Waals surface area contributed by atoms with Crippen molar-refractivity contribution in [2.75, 3.05) is 5.32 Å². The van der Waals surface area contributed by atoms with Gasteiger partial charge >= 0.3 is 5.97 Å². The quantitative estimate of drug-likeness (QED) is 0.781. The summed E-state index contributed by atoms with van der Waals surface area (Å²) in [5, 5.41) is 2.62. The van der Waals surface area contributed by atoms with Gasteiger partial charge in [-0.3, -0.25) is 14.6 Å². The Balaban J connectivity index is 2.59. The summed E-state index contributed by atoms with van der Waals surface area (Å²) in [5.41, 5.74) is 0.582. The Hall–Kier alpha value is -1.91. The lowest BCUT2D eigenvalue weighted by molar-refractivity contribution is -0.152. The van der Waals surface area contributed by atoms with E-state index >= 15 is 0 Å². The molecule has 1 aromatic heterocycles. The molecule has 0 saturated carbocycles. The number of ether oxygens (including phenoxy) is 1. The van der Waals surface area contributed by atoms with E-state index in [1.807, 2.05) is 0 Å². The summed E-state index contributed by atoms with van der Waals surface area (Å²) in [6, 6.07) is 3.42. The van der Waals surface area contributed by atoms with Gasteiger partial charge in [0.05, 0.1) is 11.9 Å². The number of anilines is 1. The van der Waals surface area contributed by atoms with Crippen LogP contribution < -0.4 is 5.32 Å². The highest BCUT2D eigenvalue weighted by Crippen LogP contribution is 2.06. The van der Waals surface area contributed by atoms with Gasteiger partial charge in [-0.2, -0.15) is 0 Å². The predicted octanol–water partition coefficient (Wildman–Crippen LogP) is 1.36. The Labute approximate surface area is 93.8 Å². The molecule has 0 aliphatic rings. The van der Waals surface area contributed by atoms with Gasteiger partial charge in [0.1, 0.15) is 0 Å². The van der Waals surface area contributed by atoms with Gasteiger partial charge in [0.25, 0.3) is 5.91 Å². The summed E-state index contributed by atoms with van der Waals surface area (Å²) < 4.78 is 4.86. The highest BCUT2D eigenvalue weighted by atomic mass is 16.5. The Morgan fingerprint density at radius 3 is 2.81 bits per heavy atom. The Morgan fingerprint density at radius 1 is 1.56 bits per heavy atom. The van der Waals surface area contributed by atoms with Gasteiger partial charge in [-0.25, -0.2) is 0 Å². The average molecular weight is 222 g/mol. The fraction of sp³-hybridized carbons (Fsp3) is 0.364. The van der Waals surface area contributed by atoms with Crippen molar-refractivity contribution in [2.45, 2.75) is 26.4 Å². The van der Waals surface area contributed by atoms with Crippen molar-refractivity contribution in [3.63, 3.8) is 0 Å². The zero-order valence-corrected chi connectivity index (χ0v) is 9.27.